The van der Waals surface area contributed by atoms with Crippen molar-refractivity contribution in [1.29, 1.82) is 0 Å². The Morgan fingerprint density at radius 1 is 0.656 bits per heavy atom. The molecule has 0 aliphatic heterocycles. The summed E-state index contributed by atoms with van der Waals surface area (Å²) in [6, 6.07) is 23.1. The first-order chi connectivity index (χ1) is 15.3. The maximum absolute atomic E-state index is 12.3. The first-order valence-corrected chi connectivity index (χ1v) is 10.5. The minimum Gasteiger partial charge on any atom is -0.481 e. The molecular weight excluding hydrogens is 404 g/mol. The fraction of sp³-hybridized carbons (Fsp3) is 0.231. The summed E-state index contributed by atoms with van der Waals surface area (Å²) in [5.41, 5.74) is 9.14. The van der Waals surface area contributed by atoms with Gasteiger partial charge in [-0.2, -0.15) is 0 Å². The monoisotopic (exact) mass is 432 g/mol. The molecule has 0 saturated heterocycles. The molecule has 2 amide bonds. The number of rotatable bonds is 7. The van der Waals surface area contributed by atoms with Crippen molar-refractivity contribution in [2.45, 2.75) is 39.9 Å². The van der Waals surface area contributed by atoms with E-state index in [0.717, 1.165) is 22.3 Å². The molecule has 0 bridgehead atoms. The second-order valence-corrected chi connectivity index (χ2v) is 7.64. The number of nitrogens with one attached hydrogen (secondary N) is 2. The molecule has 3 aromatic carbocycles. The molecule has 0 spiro atoms. The molecule has 3 rings (SSSR count). The first kappa shape index (κ1) is 22.9. The van der Waals surface area contributed by atoms with Crippen molar-refractivity contribution in [2.24, 2.45) is 0 Å². The molecule has 0 radical (unpaired) electrons. The van der Waals surface area contributed by atoms with Crippen molar-refractivity contribution < 1.29 is 19.1 Å². The molecule has 32 heavy (non-hydrogen) atoms. The van der Waals surface area contributed by atoms with Gasteiger partial charge in [0.1, 0.15) is 11.5 Å². The summed E-state index contributed by atoms with van der Waals surface area (Å²) in [6.07, 6.45) is -1.58. The van der Waals surface area contributed by atoms with Crippen LogP contribution in [-0.2, 0) is 9.59 Å². The maximum atomic E-state index is 12.3. The molecule has 166 valence electrons. The standard InChI is InChI=1S/C26H28N2O4/c1-17-10-13-24(16-18(17)2)32-20(4)26(30)28-27-25(29)19(3)31-23-14-11-22(12-15-23)21-8-6-5-7-9-21/h5-16,19-20H,1-4H3,(H,27,29)(H,28,30). The van der Waals surface area contributed by atoms with Crippen LogP contribution in [0.1, 0.15) is 25.0 Å². The van der Waals surface area contributed by atoms with Gasteiger partial charge in [-0.15, -0.1) is 0 Å². The lowest BCUT2D eigenvalue weighted by atomic mass is 10.1. The van der Waals surface area contributed by atoms with Gasteiger partial charge in [0.05, 0.1) is 0 Å². The molecule has 2 unspecified atom stereocenters. The van der Waals surface area contributed by atoms with E-state index in [2.05, 4.69) is 10.9 Å². The zero-order valence-electron chi connectivity index (χ0n) is 18.7. The highest BCUT2D eigenvalue weighted by Crippen LogP contribution is 2.22. The largest absolute Gasteiger partial charge is 0.481 e. The van der Waals surface area contributed by atoms with Gasteiger partial charge >= 0.3 is 0 Å². The van der Waals surface area contributed by atoms with E-state index < -0.39 is 24.0 Å². The molecule has 6 nitrogen and oxygen atoms in total. The summed E-state index contributed by atoms with van der Waals surface area (Å²) >= 11 is 0. The van der Waals surface area contributed by atoms with Crippen LogP contribution in [0.15, 0.2) is 72.8 Å². The smallest absolute Gasteiger partial charge is 0.279 e. The van der Waals surface area contributed by atoms with Crippen molar-refractivity contribution in [3.63, 3.8) is 0 Å². The number of aryl methyl sites for hydroxylation is 2. The molecule has 0 aliphatic rings. The van der Waals surface area contributed by atoms with Crippen molar-refractivity contribution in [3.8, 4) is 22.6 Å². The Morgan fingerprint density at radius 3 is 1.72 bits per heavy atom. The van der Waals surface area contributed by atoms with Gasteiger partial charge in [-0.25, -0.2) is 0 Å². The molecule has 3 aromatic rings. The maximum Gasteiger partial charge on any atom is 0.279 e. The molecule has 2 N–H and O–H groups in total. The van der Waals surface area contributed by atoms with E-state index in [1.54, 1.807) is 13.8 Å². The van der Waals surface area contributed by atoms with Gasteiger partial charge in [0.2, 0.25) is 0 Å². The minimum atomic E-state index is -0.797. The third kappa shape index (κ3) is 6.11. The Labute approximate surface area is 188 Å². The molecule has 0 aliphatic carbocycles. The Kier molecular flexibility index (Phi) is 7.49. The fourth-order valence-electron chi connectivity index (χ4n) is 2.99. The number of ether oxygens (including phenoxy) is 2. The predicted molar refractivity (Wildman–Crippen MR) is 124 cm³/mol. The quantitative estimate of drug-likeness (QED) is 0.544. The van der Waals surface area contributed by atoms with Crippen LogP contribution in [0.3, 0.4) is 0 Å². The molecule has 6 heteroatoms. The summed E-state index contributed by atoms with van der Waals surface area (Å²) in [6.45, 7) is 7.21. The van der Waals surface area contributed by atoms with Gasteiger partial charge in [-0.05, 0) is 74.2 Å². The number of amides is 2. The normalized spacial score (nSPS) is 12.4. The number of carbonyl (C=O) groups is 2. The van der Waals surface area contributed by atoms with Gasteiger partial charge in [-0.3, -0.25) is 20.4 Å². The van der Waals surface area contributed by atoms with Gasteiger partial charge in [-0.1, -0.05) is 48.5 Å². The third-order valence-electron chi connectivity index (χ3n) is 5.11. The van der Waals surface area contributed by atoms with Crippen LogP contribution in [0.5, 0.6) is 11.5 Å². The third-order valence-corrected chi connectivity index (χ3v) is 5.11. The lowest BCUT2D eigenvalue weighted by Gasteiger charge is -2.18. The van der Waals surface area contributed by atoms with Crippen LogP contribution < -0.4 is 20.3 Å². The van der Waals surface area contributed by atoms with Crippen LogP contribution in [0.25, 0.3) is 11.1 Å². The van der Waals surface area contributed by atoms with E-state index in [-0.39, 0.29) is 0 Å². The van der Waals surface area contributed by atoms with E-state index in [9.17, 15) is 9.59 Å². The van der Waals surface area contributed by atoms with Crippen LogP contribution >= 0.6 is 0 Å². The van der Waals surface area contributed by atoms with Crippen molar-refractivity contribution in [2.75, 3.05) is 0 Å². The zero-order chi connectivity index (χ0) is 23.1. The molecular formula is C26H28N2O4. The molecule has 0 aromatic heterocycles. The minimum absolute atomic E-state index is 0.462. The highest BCUT2D eigenvalue weighted by molar-refractivity contribution is 5.86. The summed E-state index contributed by atoms with van der Waals surface area (Å²) in [5.74, 6) is 0.225. The van der Waals surface area contributed by atoms with E-state index in [0.29, 0.717) is 11.5 Å². The number of benzene rings is 3. The second-order valence-electron chi connectivity index (χ2n) is 7.64. The van der Waals surface area contributed by atoms with Crippen molar-refractivity contribution in [3.05, 3.63) is 83.9 Å². The van der Waals surface area contributed by atoms with E-state index in [1.807, 2.05) is 86.6 Å². The highest BCUT2D eigenvalue weighted by Gasteiger charge is 2.19. The molecule has 0 fully saturated rings. The summed E-state index contributed by atoms with van der Waals surface area (Å²) in [5, 5.41) is 0. The van der Waals surface area contributed by atoms with Gasteiger partial charge in [0.15, 0.2) is 12.2 Å². The Morgan fingerprint density at radius 2 is 1.16 bits per heavy atom. The van der Waals surface area contributed by atoms with Crippen molar-refractivity contribution >= 4 is 11.8 Å². The molecule has 0 saturated carbocycles. The topological polar surface area (TPSA) is 76.7 Å². The second kappa shape index (κ2) is 10.5. The molecule has 0 heterocycles. The average molecular weight is 433 g/mol. The van der Waals surface area contributed by atoms with Crippen molar-refractivity contribution in [1.82, 2.24) is 10.9 Å². The summed E-state index contributed by atoms with van der Waals surface area (Å²) in [7, 11) is 0. The predicted octanol–water partition coefficient (Wildman–Crippen LogP) is 4.35. The van der Waals surface area contributed by atoms with Gasteiger partial charge < -0.3 is 9.47 Å². The lowest BCUT2D eigenvalue weighted by molar-refractivity contribution is -0.135. The Bertz CT molecular complexity index is 1060. The number of hydrogen-bond acceptors (Lipinski definition) is 4. The van der Waals surface area contributed by atoms with E-state index in [1.165, 1.54) is 0 Å². The average Bonchev–Trinajstić information content (AvgIpc) is 2.80. The highest BCUT2D eigenvalue weighted by atomic mass is 16.5. The van der Waals surface area contributed by atoms with Crippen LogP contribution in [0.2, 0.25) is 0 Å². The number of hydrogen-bond donors (Lipinski definition) is 2. The SMILES string of the molecule is Cc1ccc(OC(C)C(=O)NNC(=O)C(C)Oc2ccc(-c3ccccc3)cc2)cc1C. The number of carbonyl (C=O) groups excluding carboxylic acids is 2. The van der Waals surface area contributed by atoms with E-state index in [4.69, 9.17) is 9.47 Å². The summed E-state index contributed by atoms with van der Waals surface area (Å²) < 4.78 is 11.3. The molecule has 2 atom stereocenters. The Hall–Kier alpha value is -3.80. The van der Waals surface area contributed by atoms with Crippen LogP contribution in [0.4, 0.5) is 0 Å². The van der Waals surface area contributed by atoms with E-state index >= 15 is 0 Å². The first-order valence-electron chi connectivity index (χ1n) is 10.5. The lowest BCUT2D eigenvalue weighted by Crippen LogP contribution is -2.50. The summed E-state index contributed by atoms with van der Waals surface area (Å²) in [4.78, 5) is 24.6. The Balaban J connectivity index is 1.47. The van der Waals surface area contributed by atoms with Crippen LogP contribution in [0, 0.1) is 13.8 Å². The van der Waals surface area contributed by atoms with Gasteiger partial charge in [0.25, 0.3) is 11.8 Å². The van der Waals surface area contributed by atoms with Gasteiger partial charge in [0, 0.05) is 0 Å². The zero-order valence-corrected chi connectivity index (χ0v) is 18.7. The fourth-order valence-corrected chi connectivity index (χ4v) is 2.99. The van der Waals surface area contributed by atoms with Crippen LogP contribution in [-0.4, -0.2) is 24.0 Å². The number of hydrazine groups is 1.